The van der Waals surface area contributed by atoms with Gasteiger partial charge in [0.1, 0.15) is 5.75 Å². The number of hydrogen-bond donors (Lipinski definition) is 1. The molecule has 0 aliphatic heterocycles. The second-order valence-corrected chi connectivity index (χ2v) is 4.39. The van der Waals surface area contributed by atoms with E-state index >= 15 is 0 Å². The molecule has 5 heteroatoms. The minimum absolute atomic E-state index is 0.0625. The molecule has 0 radical (unpaired) electrons. The highest BCUT2D eigenvalue weighted by Gasteiger charge is 2.03. The Kier molecular flexibility index (Phi) is 4.30. The molecule has 1 N–H and O–H groups in total. The molecular formula is C14H17N3O2. The summed E-state index contributed by atoms with van der Waals surface area (Å²) in [7, 11) is 3.55. The van der Waals surface area contributed by atoms with Crippen molar-refractivity contribution in [1.82, 2.24) is 15.4 Å². The van der Waals surface area contributed by atoms with Gasteiger partial charge in [-0.3, -0.25) is 15.2 Å². The maximum Gasteiger partial charge on any atom is 0.237 e. The summed E-state index contributed by atoms with van der Waals surface area (Å²) in [6, 6.07) is 9.56. The van der Waals surface area contributed by atoms with Gasteiger partial charge in [-0.25, -0.2) is 5.01 Å². The van der Waals surface area contributed by atoms with Crippen LogP contribution in [0.1, 0.15) is 6.42 Å². The van der Waals surface area contributed by atoms with Crippen LogP contribution in [0.25, 0.3) is 10.9 Å². The third kappa shape index (κ3) is 3.93. The quantitative estimate of drug-likeness (QED) is 0.829. The number of nitrogens with zero attached hydrogens (tertiary/aromatic N) is 2. The van der Waals surface area contributed by atoms with Crippen LogP contribution in [0.2, 0.25) is 0 Å². The second kappa shape index (κ2) is 6.15. The van der Waals surface area contributed by atoms with Crippen molar-refractivity contribution < 1.29 is 9.53 Å². The van der Waals surface area contributed by atoms with Crippen molar-refractivity contribution in [3.05, 3.63) is 36.5 Å². The molecule has 5 nitrogen and oxygen atoms in total. The average molecular weight is 259 g/mol. The Morgan fingerprint density at radius 2 is 2.21 bits per heavy atom. The Hall–Kier alpha value is -2.14. The third-order valence-corrected chi connectivity index (χ3v) is 2.52. The van der Waals surface area contributed by atoms with Crippen LogP contribution in [0.4, 0.5) is 0 Å². The van der Waals surface area contributed by atoms with Crippen molar-refractivity contribution in [3.63, 3.8) is 0 Å². The Labute approximate surface area is 112 Å². The molecule has 1 aromatic heterocycles. The summed E-state index contributed by atoms with van der Waals surface area (Å²) in [5, 5.41) is 2.64. The molecule has 0 saturated carbocycles. The molecule has 0 aliphatic carbocycles. The number of aromatic nitrogens is 1. The zero-order valence-electron chi connectivity index (χ0n) is 11.1. The van der Waals surface area contributed by atoms with Gasteiger partial charge >= 0.3 is 0 Å². The van der Waals surface area contributed by atoms with E-state index in [1.807, 2.05) is 30.3 Å². The molecule has 0 bridgehead atoms. The van der Waals surface area contributed by atoms with Crippen LogP contribution in [-0.4, -0.2) is 36.6 Å². The molecule has 0 unspecified atom stereocenters. The number of pyridine rings is 1. The smallest absolute Gasteiger partial charge is 0.237 e. The number of amides is 1. The lowest BCUT2D eigenvalue weighted by molar-refractivity contribution is -0.125. The molecule has 1 aromatic carbocycles. The van der Waals surface area contributed by atoms with Crippen molar-refractivity contribution in [2.24, 2.45) is 0 Å². The fourth-order valence-electron chi connectivity index (χ4n) is 1.71. The van der Waals surface area contributed by atoms with Gasteiger partial charge < -0.3 is 4.74 Å². The largest absolute Gasteiger partial charge is 0.493 e. The summed E-state index contributed by atoms with van der Waals surface area (Å²) < 4.78 is 5.56. The number of carbonyl (C=O) groups is 1. The molecule has 1 amide bonds. The summed E-state index contributed by atoms with van der Waals surface area (Å²) in [4.78, 5) is 15.7. The van der Waals surface area contributed by atoms with E-state index in [0.717, 1.165) is 16.7 Å². The van der Waals surface area contributed by atoms with Gasteiger partial charge in [-0.15, -0.1) is 0 Å². The van der Waals surface area contributed by atoms with E-state index in [1.165, 1.54) is 0 Å². The van der Waals surface area contributed by atoms with Gasteiger partial charge in [0.05, 0.1) is 18.5 Å². The van der Waals surface area contributed by atoms with E-state index in [4.69, 9.17) is 4.74 Å². The van der Waals surface area contributed by atoms with Crippen molar-refractivity contribution in [3.8, 4) is 5.75 Å². The molecule has 1 heterocycles. The van der Waals surface area contributed by atoms with E-state index in [-0.39, 0.29) is 5.91 Å². The van der Waals surface area contributed by atoms with Crippen molar-refractivity contribution >= 4 is 16.8 Å². The van der Waals surface area contributed by atoms with E-state index in [1.54, 1.807) is 25.3 Å². The first-order valence-electron chi connectivity index (χ1n) is 6.09. The minimum Gasteiger partial charge on any atom is -0.493 e. The van der Waals surface area contributed by atoms with E-state index in [9.17, 15) is 4.79 Å². The zero-order chi connectivity index (χ0) is 13.7. The number of carbonyl (C=O) groups excluding carboxylic acids is 1. The van der Waals surface area contributed by atoms with Crippen molar-refractivity contribution in [2.45, 2.75) is 6.42 Å². The van der Waals surface area contributed by atoms with E-state index < -0.39 is 0 Å². The standard InChI is InChI=1S/C14H17N3O2/c1-17(2)16-14(18)7-9-19-12-5-6-13-11(10-12)4-3-8-15-13/h3-6,8,10H,7,9H2,1-2H3,(H,16,18). The summed E-state index contributed by atoms with van der Waals surface area (Å²) in [5.41, 5.74) is 3.59. The molecule has 0 fully saturated rings. The normalized spacial score (nSPS) is 10.7. The second-order valence-electron chi connectivity index (χ2n) is 4.39. The minimum atomic E-state index is -0.0625. The van der Waals surface area contributed by atoms with Crippen LogP contribution >= 0.6 is 0 Å². The highest BCUT2D eigenvalue weighted by molar-refractivity contribution is 5.79. The monoisotopic (exact) mass is 259 g/mol. The van der Waals surface area contributed by atoms with E-state index in [2.05, 4.69) is 10.4 Å². The molecule has 0 aliphatic rings. The number of benzene rings is 1. The number of ether oxygens (including phenoxy) is 1. The fraction of sp³-hybridized carbons (Fsp3) is 0.286. The average Bonchev–Trinajstić information content (AvgIpc) is 2.37. The Morgan fingerprint density at radius 3 is 3.00 bits per heavy atom. The first-order valence-corrected chi connectivity index (χ1v) is 6.09. The Balaban J connectivity index is 1.89. The van der Waals surface area contributed by atoms with Crippen LogP contribution in [0.15, 0.2) is 36.5 Å². The van der Waals surface area contributed by atoms with E-state index in [0.29, 0.717) is 13.0 Å². The van der Waals surface area contributed by atoms with Crippen LogP contribution in [-0.2, 0) is 4.79 Å². The number of hydrogen-bond acceptors (Lipinski definition) is 4. The predicted octanol–water partition coefficient (Wildman–Crippen LogP) is 1.60. The van der Waals surface area contributed by atoms with Crippen molar-refractivity contribution in [1.29, 1.82) is 0 Å². The fourth-order valence-corrected chi connectivity index (χ4v) is 1.71. The molecule has 100 valence electrons. The molecule has 0 saturated heterocycles. The first-order chi connectivity index (χ1) is 9.15. The maximum absolute atomic E-state index is 11.4. The Bertz CT molecular complexity index is 569. The highest BCUT2D eigenvalue weighted by atomic mass is 16.5. The Morgan fingerprint density at radius 1 is 1.37 bits per heavy atom. The highest BCUT2D eigenvalue weighted by Crippen LogP contribution is 2.18. The number of nitrogens with one attached hydrogen (secondary N) is 1. The van der Waals surface area contributed by atoms with Gasteiger partial charge in [-0.2, -0.15) is 0 Å². The molecular weight excluding hydrogens is 242 g/mol. The number of rotatable bonds is 5. The van der Waals surface area contributed by atoms with Crippen LogP contribution in [0.3, 0.4) is 0 Å². The SMILES string of the molecule is CN(C)NC(=O)CCOc1ccc2ncccc2c1. The van der Waals surface area contributed by atoms with Gasteiger partial charge in [-0.1, -0.05) is 6.07 Å². The van der Waals surface area contributed by atoms with Crippen LogP contribution < -0.4 is 10.2 Å². The number of fused-ring (bicyclic) bond motifs is 1. The molecule has 0 spiro atoms. The van der Waals surface area contributed by atoms with Crippen LogP contribution in [0, 0.1) is 0 Å². The maximum atomic E-state index is 11.4. The summed E-state index contributed by atoms with van der Waals surface area (Å²) >= 11 is 0. The topological polar surface area (TPSA) is 54.5 Å². The predicted molar refractivity (Wildman–Crippen MR) is 73.7 cm³/mol. The van der Waals surface area contributed by atoms with Gasteiger partial charge in [-0.05, 0) is 24.3 Å². The molecule has 0 atom stereocenters. The molecule has 2 aromatic rings. The van der Waals surface area contributed by atoms with Crippen LogP contribution in [0.5, 0.6) is 5.75 Å². The zero-order valence-corrected chi connectivity index (χ0v) is 11.1. The van der Waals surface area contributed by atoms with Crippen molar-refractivity contribution in [2.75, 3.05) is 20.7 Å². The summed E-state index contributed by atoms with van der Waals surface area (Å²) in [5.74, 6) is 0.686. The van der Waals surface area contributed by atoms with Gasteiger partial charge in [0.25, 0.3) is 0 Å². The lowest BCUT2D eigenvalue weighted by Crippen LogP contribution is -2.36. The number of hydrazine groups is 1. The van der Waals surface area contributed by atoms with Gasteiger partial charge in [0.15, 0.2) is 0 Å². The molecule has 2 rings (SSSR count). The first kappa shape index (κ1) is 13.3. The summed E-state index contributed by atoms with van der Waals surface area (Å²) in [6.45, 7) is 0.353. The lowest BCUT2D eigenvalue weighted by atomic mass is 10.2. The third-order valence-electron chi connectivity index (χ3n) is 2.52. The summed E-state index contributed by atoms with van der Waals surface area (Å²) in [6.07, 6.45) is 2.08. The van der Waals surface area contributed by atoms with Gasteiger partial charge in [0.2, 0.25) is 5.91 Å². The molecule has 19 heavy (non-hydrogen) atoms. The lowest BCUT2D eigenvalue weighted by Gasteiger charge is -2.12. The van der Waals surface area contributed by atoms with Gasteiger partial charge in [0, 0.05) is 25.7 Å².